The van der Waals surface area contributed by atoms with Crippen molar-refractivity contribution in [3.05, 3.63) is 311 Å². The van der Waals surface area contributed by atoms with Gasteiger partial charge in [-0.2, -0.15) is 0 Å². The molecule has 0 bridgehead atoms. The van der Waals surface area contributed by atoms with E-state index in [0.29, 0.717) is 0 Å². The number of hydrogen-bond acceptors (Lipinski definition) is 3. The van der Waals surface area contributed by atoms with Gasteiger partial charge in [0, 0.05) is 30.9 Å². The third-order valence-corrected chi connectivity index (χ3v) is 16.1. The zero-order valence-corrected chi connectivity index (χ0v) is 38.5. The minimum atomic E-state index is -0.608. The molecule has 3 heteroatoms. The van der Waals surface area contributed by atoms with Crippen molar-refractivity contribution in [2.24, 2.45) is 0 Å². The summed E-state index contributed by atoms with van der Waals surface area (Å²) < 4.78 is 2.57. The molecule has 12 aromatic rings. The zero-order chi connectivity index (χ0) is 45.5. The number of nitrogens with zero attached hydrogens (tertiary/aromatic N) is 2. The summed E-state index contributed by atoms with van der Waals surface area (Å²) in [7, 11) is 0. The van der Waals surface area contributed by atoms with Gasteiger partial charge in [-0.3, -0.25) is 0 Å². The number of benzene rings is 11. The summed E-state index contributed by atoms with van der Waals surface area (Å²) in [4.78, 5) is 5.09. The van der Waals surface area contributed by atoms with E-state index in [0.717, 1.165) is 22.7 Å². The number of thiophene rings is 1. The molecular weight excluding hydrogens is 853 g/mol. The molecule has 0 saturated heterocycles. The molecule has 11 aromatic carbocycles. The Balaban J connectivity index is 1.05. The van der Waals surface area contributed by atoms with E-state index < -0.39 is 10.8 Å². The molecule has 0 atom stereocenters. The number of anilines is 6. The lowest BCUT2D eigenvalue weighted by atomic mass is 9.62. The third kappa shape index (κ3) is 5.60. The van der Waals surface area contributed by atoms with Crippen LogP contribution in [0.1, 0.15) is 44.5 Å². The van der Waals surface area contributed by atoms with Gasteiger partial charge in [0.2, 0.25) is 0 Å². The predicted molar refractivity (Wildman–Crippen MR) is 290 cm³/mol. The van der Waals surface area contributed by atoms with E-state index >= 15 is 0 Å². The summed E-state index contributed by atoms with van der Waals surface area (Å²) in [6, 6.07) is 99.4. The Morgan fingerprint density at radius 2 is 0.580 bits per heavy atom. The molecule has 0 aliphatic carbocycles. The van der Waals surface area contributed by atoms with E-state index in [1.54, 1.807) is 0 Å². The van der Waals surface area contributed by atoms with E-state index in [9.17, 15) is 0 Å². The van der Waals surface area contributed by atoms with Crippen molar-refractivity contribution < 1.29 is 0 Å². The zero-order valence-electron chi connectivity index (χ0n) is 37.7. The molecule has 0 spiro atoms. The molecule has 69 heavy (non-hydrogen) atoms. The lowest BCUT2D eigenvalue weighted by Gasteiger charge is -2.47. The van der Waals surface area contributed by atoms with Crippen LogP contribution in [0.25, 0.3) is 30.9 Å². The minimum absolute atomic E-state index is 0.550. The smallest absolute Gasteiger partial charge is 0.0742 e. The SMILES string of the molecule is c1ccc(C2(c3ccccc3)c3ccccc3N(c3cccc4c(N5c6ccccc6C(c6ccccc6)(c6ccccc6)c6cc7c(cc65)sc5ccccc57)cccc34)c3ccccc32)cc1. The van der Waals surface area contributed by atoms with Crippen LogP contribution in [0.2, 0.25) is 0 Å². The lowest BCUT2D eigenvalue weighted by Crippen LogP contribution is -2.38. The van der Waals surface area contributed by atoms with E-state index in [4.69, 9.17) is 0 Å². The molecule has 3 heterocycles. The molecule has 0 N–H and O–H groups in total. The van der Waals surface area contributed by atoms with Crippen LogP contribution in [0.5, 0.6) is 0 Å². The fourth-order valence-corrected chi connectivity index (χ4v) is 13.4. The molecule has 0 saturated carbocycles. The first-order valence-electron chi connectivity index (χ1n) is 23.8. The van der Waals surface area contributed by atoms with E-state index in [1.165, 1.54) is 86.8 Å². The average molecular weight is 897 g/mol. The molecule has 0 unspecified atom stereocenters. The second-order valence-corrected chi connectivity index (χ2v) is 19.4. The predicted octanol–water partition coefficient (Wildman–Crippen LogP) is 17.5. The molecule has 2 aliphatic rings. The van der Waals surface area contributed by atoms with Crippen molar-refractivity contribution in [3.8, 4) is 0 Å². The van der Waals surface area contributed by atoms with Crippen LogP contribution < -0.4 is 9.80 Å². The van der Waals surface area contributed by atoms with Gasteiger partial charge in [-0.25, -0.2) is 0 Å². The summed E-state index contributed by atoms with van der Waals surface area (Å²) >= 11 is 1.88. The van der Waals surface area contributed by atoms with Crippen molar-refractivity contribution in [1.29, 1.82) is 0 Å². The van der Waals surface area contributed by atoms with Gasteiger partial charge < -0.3 is 9.80 Å². The normalized spacial score (nSPS) is 14.3. The third-order valence-electron chi connectivity index (χ3n) is 15.0. The Hall–Kier alpha value is -8.50. The Kier molecular flexibility index (Phi) is 8.92. The monoisotopic (exact) mass is 896 g/mol. The molecule has 0 radical (unpaired) electrons. The highest BCUT2D eigenvalue weighted by Gasteiger charge is 2.48. The number of hydrogen-bond donors (Lipinski definition) is 0. The van der Waals surface area contributed by atoms with Crippen LogP contribution >= 0.6 is 11.3 Å². The van der Waals surface area contributed by atoms with E-state index in [1.807, 2.05) is 11.3 Å². The molecule has 324 valence electrons. The fourth-order valence-electron chi connectivity index (χ4n) is 12.3. The Labute approximate surface area is 406 Å². The molecule has 0 amide bonds. The van der Waals surface area contributed by atoms with Gasteiger partial charge in [0.05, 0.1) is 45.0 Å². The molecular formula is C66H44N2S. The van der Waals surface area contributed by atoms with Crippen LogP contribution in [-0.4, -0.2) is 0 Å². The van der Waals surface area contributed by atoms with Crippen LogP contribution in [0, 0.1) is 0 Å². The van der Waals surface area contributed by atoms with Gasteiger partial charge >= 0.3 is 0 Å². The van der Waals surface area contributed by atoms with Crippen LogP contribution in [-0.2, 0) is 10.8 Å². The Morgan fingerprint density at radius 1 is 0.232 bits per heavy atom. The first-order chi connectivity index (χ1) is 34.3. The van der Waals surface area contributed by atoms with Crippen molar-refractivity contribution >= 4 is 76.4 Å². The summed E-state index contributed by atoms with van der Waals surface area (Å²) in [5, 5.41) is 4.93. The fraction of sp³-hybridized carbons (Fsp3) is 0.0303. The van der Waals surface area contributed by atoms with Gasteiger partial charge in [0.1, 0.15) is 0 Å². The molecule has 1 aromatic heterocycles. The second-order valence-electron chi connectivity index (χ2n) is 18.3. The Bertz CT molecular complexity index is 3790. The summed E-state index contributed by atoms with van der Waals surface area (Å²) in [6.45, 7) is 0. The number of para-hydroxylation sites is 3. The highest BCUT2D eigenvalue weighted by Crippen LogP contribution is 2.62. The summed E-state index contributed by atoms with van der Waals surface area (Å²) in [6.07, 6.45) is 0. The van der Waals surface area contributed by atoms with Crippen LogP contribution in [0.4, 0.5) is 34.1 Å². The van der Waals surface area contributed by atoms with Gasteiger partial charge in [-0.1, -0.05) is 218 Å². The van der Waals surface area contributed by atoms with Crippen LogP contribution in [0.15, 0.2) is 267 Å². The topological polar surface area (TPSA) is 6.48 Å². The van der Waals surface area contributed by atoms with E-state index in [-0.39, 0.29) is 0 Å². The molecule has 14 rings (SSSR count). The van der Waals surface area contributed by atoms with Crippen molar-refractivity contribution in [2.45, 2.75) is 10.8 Å². The van der Waals surface area contributed by atoms with Crippen LogP contribution in [0.3, 0.4) is 0 Å². The number of fused-ring (bicyclic) bond motifs is 8. The first-order valence-corrected chi connectivity index (χ1v) is 24.7. The maximum Gasteiger partial charge on any atom is 0.0742 e. The standard InChI is InChI=1S/C66H44N2S/c1-5-23-45(24-6-1)65(46-25-7-2-8-26-46)53-34-14-17-37-59(53)67(60-38-18-15-35-54(60)65)57-40-21-33-50-49(57)32-22-41-58(50)68-61-39-19-16-36-55(61)66(47-27-9-3-10-28-47,48-29-11-4-12-30-48)56-43-52-51-31-13-20-42-63(51)69-64(52)44-62(56)68/h1-44H. The first kappa shape index (κ1) is 39.6. The van der Waals surface area contributed by atoms with Gasteiger partial charge in [-0.05, 0) is 93.0 Å². The van der Waals surface area contributed by atoms with E-state index in [2.05, 4.69) is 277 Å². The minimum Gasteiger partial charge on any atom is -0.309 e. The van der Waals surface area contributed by atoms with Gasteiger partial charge in [-0.15, -0.1) is 11.3 Å². The van der Waals surface area contributed by atoms with Crippen molar-refractivity contribution in [2.75, 3.05) is 9.80 Å². The van der Waals surface area contributed by atoms with Crippen molar-refractivity contribution in [3.63, 3.8) is 0 Å². The highest BCUT2D eigenvalue weighted by molar-refractivity contribution is 7.25. The highest BCUT2D eigenvalue weighted by atomic mass is 32.1. The molecule has 2 aliphatic heterocycles. The van der Waals surface area contributed by atoms with Crippen molar-refractivity contribution in [1.82, 2.24) is 0 Å². The number of rotatable bonds is 6. The maximum atomic E-state index is 2.57. The largest absolute Gasteiger partial charge is 0.309 e. The molecule has 0 fully saturated rings. The Morgan fingerprint density at radius 3 is 1.04 bits per heavy atom. The van der Waals surface area contributed by atoms with Gasteiger partial charge in [0.25, 0.3) is 0 Å². The summed E-state index contributed by atoms with van der Waals surface area (Å²) in [5.74, 6) is 0. The van der Waals surface area contributed by atoms with Gasteiger partial charge in [0.15, 0.2) is 0 Å². The average Bonchev–Trinajstić information content (AvgIpc) is 3.79. The lowest BCUT2D eigenvalue weighted by molar-refractivity contribution is 0.731. The molecule has 2 nitrogen and oxygen atoms in total. The second kappa shape index (κ2) is 15.5. The maximum absolute atomic E-state index is 2.57. The quantitative estimate of drug-likeness (QED) is 0.164. The summed E-state index contributed by atoms with van der Waals surface area (Å²) in [5.41, 5.74) is 15.8.